The highest BCUT2D eigenvalue weighted by Gasteiger charge is 2.25. The summed E-state index contributed by atoms with van der Waals surface area (Å²) in [5.41, 5.74) is -0.292. The van der Waals surface area contributed by atoms with Crippen LogP contribution in [-0.4, -0.2) is 13.2 Å². The molecule has 3 nitrogen and oxygen atoms in total. The van der Waals surface area contributed by atoms with Gasteiger partial charge in [-0.1, -0.05) is 51.9 Å². The molecular weight excluding hydrogens is 324 g/mol. The maximum Gasteiger partial charge on any atom is 0.184 e. The molecule has 2 rings (SSSR count). The number of halogens is 2. The summed E-state index contributed by atoms with van der Waals surface area (Å²) in [6.07, 6.45) is 9.19. The first-order chi connectivity index (χ1) is 12.2. The summed E-state index contributed by atoms with van der Waals surface area (Å²) in [4.78, 5) is 0. The number of ether oxygens (including phenoxy) is 2. The third-order valence-electron chi connectivity index (χ3n) is 4.63. The van der Waals surface area contributed by atoms with Crippen LogP contribution < -0.4 is 0 Å². The lowest BCUT2D eigenvalue weighted by atomic mass is 10.0. The Morgan fingerprint density at radius 3 is 2.12 bits per heavy atom. The maximum absolute atomic E-state index is 13.7. The van der Waals surface area contributed by atoms with Gasteiger partial charge in [-0.15, -0.1) is 0 Å². The fraction of sp³-hybridized carbons (Fsp3) is 0.650. The van der Waals surface area contributed by atoms with E-state index in [0.717, 1.165) is 25.0 Å². The van der Waals surface area contributed by atoms with Crippen molar-refractivity contribution < 1.29 is 18.3 Å². The van der Waals surface area contributed by atoms with Crippen LogP contribution in [0.15, 0.2) is 12.1 Å². The average Bonchev–Trinajstić information content (AvgIpc) is 2.61. The molecule has 1 aromatic rings. The van der Waals surface area contributed by atoms with Gasteiger partial charge in [0, 0.05) is 11.5 Å². The third kappa shape index (κ3) is 6.05. The first-order valence-electron chi connectivity index (χ1n) is 9.28. The molecule has 1 saturated heterocycles. The molecule has 1 aromatic carbocycles. The van der Waals surface area contributed by atoms with Crippen LogP contribution in [0.2, 0.25) is 0 Å². The summed E-state index contributed by atoms with van der Waals surface area (Å²) >= 11 is 0. The van der Waals surface area contributed by atoms with Crippen molar-refractivity contribution in [1.29, 1.82) is 5.26 Å². The zero-order valence-corrected chi connectivity index (χ0v) is 14.9. The van der Waals surface area contributed by atoms with E-state index in [1.165, 1.54) is 44.6 Å². The van der Waals surface area contributed by atoms with Crippen LogP contribution in [0.1, 0.15) is 75.7 Å². The minimum atomic E-state index is -0.880. The molecule has 0 N–H and O–H groups in total. The zero-order valence-electron chi connectivity index (χ0n) is 14.9. The Balaban J connectivity index is 1.70. The predicted octanol–water partition coefficient (Wildman–Crippen LogP) is 5.64. The fourth-order valence-corrected chi connectivity index (χ4v) is 3.13. The Morgan fingerprint density at radius 1 is 1.00 bits per heavy atom. The van der Waals surface area contributed by atoms with Gasteiger partial charge < -0.3 is 9.47 Å². The van der Waals surface area contributed by atoms with Crippen molar-refractivity contribution in [2.45, 2.75) is 64.6 Å². The Bertz CT molecular complexity index is 555. The lowest BCUT2D eigenvalue weighted by molar-refractivity contribution is -0.206. The van der Waals surface area contributed by atoms with Crippen molar-refractivity contribution in [2.75, 3.05) is 13.2 Å². The Kier molecular flexibility index (Phi) is 8.30. The monoisotopic (exact) mass is 351 g/mol. The standard InChI is InChI=1S/C20H27F2NO2/c1-2-3-4-5-6-7-8-9-15-13-24-20(25-14-15)16-10-18(21)17(12-23)19(22)11-16/h10-11,15,20H,2-9,13-14H2,1H3. The van der Waals surface area contributed by atoms with Crippen molar-refractivity contribution in [2.24, 2.45) is 5.92 Å². The van der Waals surface area contributed by atoms with Crippen molar-refractivity contribution in [3.63, 3.8) is 0 Å². The molecule has 5 heteroatoms. The minimum absolute atomic E-state index is 0.281. The Morgan fingerprint density at radius 2 is 1.56 bits per heavy atom. The van der Waals surface area contributed by atoms with E-state index in [1.54, 1.807) is 0 Å². The highest BCUT2D eigenvalue weighted by atomic mass is 19.1. The molecular formula is C20H27F2NO2. The van der Waals surface area contributed by atoms with E-state index in [4.69, 9.17) is 14.7 Å². The van der Waals surface area contributed by atoms with Gasteiger partial charge in [0.25, 0.3) is 0 Å². The molecule has 0 aliphatic carbocycles. The normalized spacial score (nSPS) is 20.4. The summed E-state index contributed by atoms with van der Waals surface area (Å²) in [5.74, 6) is -1.43. The molecule has 0 aromatic heterocycles. The first-order valence-corrected chi connectivity index (χ1v) is 9.28. The van der Waals surface area contributed by atoms with Gasteiger partial charge in [0.15, 0.2) is 6.29 Å². The van der Waals surface area contributed by atoms with Crippen LogP contribution in [-0.2, 0) is 9.47 Å². The smallest absolute Gasteiger partial charge is 0.184 e. The molecule has 1 aliphatic rings. The number of nitriles is 1. The average molecular weight is 351 g/mol. The molecule has 1 fully saturated rings. The van der Waals surface area contributed by atoms with Crippen LogP contribution in [0.25, 0.3) is 0 Å². The SMILES string of the molecule is CCCCCCCCCC1COC(c2cc(F)c(C#N)c(F)c2)OC1. The van der Waals surface area contributed by atoms with E-state index in [-0.39, 0.29) is 5.56 Å². The quantitative estimate of drug-likeness (QED) is 0.541. The number of nitrogens with zero attached hydrogens (tertiary/aromatic N) is 1. The molecule has 0 spiro atoms. The number of hydrogen-bond acceptors (Lipinski definition) is 3. The third-order valence-corrected chi connectivity index (χ3v) is 4.63. The first kappa shape index (κ1) is 19.8. The van der Waals surface area contributed by atoms with Gasteiger partial charge in [0.2, 0.25) is 0 Å². The van der Waals surface area contributed by atoms with Crippen molar-refractivity contribution >= 4 is 0 Å². The van der Waals surface area contributed by atoms with E-state index in [9.17, 15) is 8.78 Å². The Hall–Kier alpha value is -1.51. The second kappa shape index (κ2) is 10.5. The zero-order chi connectivity index (χ0) is 18.1. The van der Waals surface area contributed by atoms with E-state index in [2.05, 4.69) is 6.92 Å². The minimum Gasteiger partial charge on any atom is -0.348 e. The second-order valence-corrected chi connectivity index (χ2v) is 6.75. The van der Waals surface area contributed by atoms with Gasteiger partial charge in [-0.05, 0) is 18.6 Å². The molecule has 138 valence electrons. The largest absolute Gasteiger partial charge is 0.348 e. The van der Waals surface area contributed by atoms with Crippen LogP contribution >= 0.6 is 0 Å². The molecule has 0 bridgehead atoms. The topological polar surface area (TPSA) is 42.2 Å². The van der Waals surface area contributed by atoms with E-state index in [1.807, 2.05) is 0 Å². The molecule has 0 amide bonds. The Labute approximate surface area is 148 Å². The predicted molar refractivity (Wildman–Crippen MR) is 91.8 cm³/mol. The van der Waals surface area contributed by atoms with Crippen LogP contribution in [0.3, 0.4) is 0 Å². The van der Waals surface area contributed by atoms with Gasteiger partial charge in [0.05, 0.1) is 13.2 Å². The number of rotatable bonds is 9. The van der Waals surface area contributed by atoms with Gasteiger partial charge in [-0.2, -0.15) is 5.26 Å². The highest BCUT2D eigenvalue weighted by Crippen LogP contribution is 2.29. The van der Waals surface area contributed by atoms with Gasteiger partial charge in [0.1, 0.15) is 23.3 Å². The second-order valence-electron chi connectivity index (χ2n) is 6.75. The van der Waals surface area contributed by atoms with Gasteiger partial charge in [-0.3, -0.25) is 0 Å². The summed E-state index contributed by atoms with van der Waals surface area (Å²) in [6.45, 7) is 3.28. The number of hydrogen-bond donors (Lipinski definition) is 0. The van der Waals surface area contributed by atoms with Crippen molar-refractivity contribution in [1.82, 2.24) is 0 Å². The summed E-state index contributed by atoms with van der Waals surface area (Å²) in [7, 11) is 0. The molecule has 1 heterocycles. The molecule has 0 unspecified atom stereocenters. The van der Waals surface area contributed by atoms with Gasteiger partial charge >= 0.3 is 0 Å². The van der Waals surface area contributed by atoms with E-state index >= 15 is 0 Å². The molecule has 0 atom stereocenters. The van der Waals surface area contributed by atoms with E-state index in [0.29, 0.717) is 19.1 Å². The summed E-state index contributed by atoms with van der Waals surface area (Å²) < 4.78 is 38.6. The van der Waals surface area contributed by atoms with Crippen LogP contribution in [0, 0.1) is 28.9 Å². The lowest BCUT2D eigenvalue weighted by Crippen LogP contribution is -2.27. The van der Waals surface area contributed by atoms with Crippen LogP contribution in [0.5, 0.6) is 0 Å². The lowest BCUT2D eigenvalue weighted by Gasteiger charge is -2.29. The molecule has 0 radical (unpaired) electrons. The summed E-state index contributed by atoms with van der Waals surface area (Å²) in [6, 6.07) is 3.74. The maximum atomic E-state index is 13.7. The number of benzene rings is 1. The van der Waals surface area contributed by atoms with Crippen molar-refractivity contribution in [3.8, 4) is 6.07 Å². The molecule has 0 saturated carbocycles. The van der Waals surface area contributed by atoms with Crippen molar-refractivity contribution in [3.05, 3.63) is 34.9 Å². The fourth-order valence-electron chi connectivity index (χ4n) is 3.13. The highest BCUT2D eigenvalue weighted by molar-refractivity contribution is 5.35. The molecule has 1 aliphatic heterocycles. The van der Waals surface area contributed by atoms with Crippen LogP contribution in [0.4, 0.5) is 8.78 Å². The summed E-state index contributed by atoms with van der Waals surface area (Å²) in [5, 5.41) is 8.71. The number of unbranched alkanes of at least 4 members (excludes halogenated alkanes) is 6. The molecule has 25 heavy (non-hydrogen) atoms. The van der Waals surface area contributed by atoms with Gasteiger partial charge in [-0.25, -0.2) is 8.78 Å². The van der Waals surface area contributed by atoms with E-state index < -0.39 is 23.5 Å².